The molecule has 1 heterocycles. The molecule has 10 heavy (non-hydrogen) atoms. The Balaban J connectivity index is 3.43. The van der Waals surface area contributed by atoms with Crippen LogP contribution >= 0.6 is 0 Å². The zero-order valence-corrected chi connectivity index (χ0v) is 5.75. The molecule has 0 saturated heterocycles. The highest BCUT2D eigenvalue weighted by atomic mass is 14.6. The summed E-state index contributed by atoms with van der Waals surface area (Å²) < 4.78 is 0. The van der Waals surface area contributed by atoms with E-state index >= 15 is 0 Å². The molecule has 0 fully saturated rings. The van der Waals surface area contributed by atoms with E-state index in [1.807, 2.05) is 18.2 Å². The summed E-state index contributed by atoms with van der Waals surface area (Å²) in [5.74, 6) is 0. The molecule has 0 N–H and O–H groups in total. The lowest BCUT2D eigenvalue weighted by Gasteiger charge is -1.82. The predicted octanol–water partition coefficient (Wildman–Crippen LogP) is 0.458. The molecule has 0 aliphatic carbocycles. The SMILES string of the molecule is C=CC=c1ncccc1=C. The van der Waals surface area contributed by atoms with Crippen molar-refractivity contribution in [2.75, 3.05) is 0 Å². The van der Waals surface area contributed by atoms with Gasteiger partial charge >= 0.3 is 0 Å². The quantitative estimate of drug-likeness (QED) is 0.539. The first-order valence-electron chi connectivity index (χ1n) is 3.07. The minimum atomic E-state index is 0.887. The third kappa shape index (κ3) is 1.32. The predicted molar refractivity (Wildman–Crippen MR) is 43.7 cm³/mol. The van der Waals surface area contributed by atoms with Gasteiger partial charge in [-0.25, -0.2) is 0 Å². The van der Waals surface area contributed by atoms with Crippen molar-refractivity contribution in [3.8, 4) is 0 Å². The highest BCUT2D eigenvalue weighted by Gasteiger charge is 1.76. The summed E-state index contributed by atoms with van der Waals surface area (Å²) in [5, 5.41) is 1.82. The van der Waals surface area contributed by atoms with Crippen molar-refractivity contribution in [1.82, 2.24) is 4.98 Å². The van der Waals surface area contributed by atoms with Crippen LogP contribution in [-0.2, 0) is 0 Å². The van der Waals surface area contributed by atoms with Gasteiger partial charge in [0.15, 0.2) is 0 Å². The largest absolute Gasteiger partial charge is 0.256 e. The van der Waals surface area contributed by atoms with Crippen LogP contribution in [-0.4, -0.2) is 4.98 Å². The van der Waals surface area contributed by atoms with E-state index in [0.29, 0.717) is 0 Å². The summed E-state index contributed by atoms with van der Waals surface area (Å²) in [6.45, 7) is 7.37. The molecule has 1 aromatic heterocycles. The van der Waals surface area contributed by atoms with Crippen molar-refractivity contribution in [1.29, 1.82) is 0 Å². The number of allylic oxidation sites excluding steroid dienone is 1. The van der Waals surface area contributed by atoms with Crippen molar-refractivity contribution >= 4 is 12.7 Å². The topological polar surface area (TPSA) is 12.9 Å². The van der Waals surface area contributed by atoms with E-state index in [9.17, 15) is 0 Å². The Morgan fingerprint density at radius 3 is 2.90 bits per heavy atom. The lowest BCUT2D eigenvalue weighted by Crippen LogP contribution is -2.25. The maximum atomic E-state index is 4.08. The molecule has 50 valence electrons. The number of hydrogen-bond donors (Lipinski definition) is 0. The second-order valence-electron chi connectivity index (χ2n) is 1.95. The molecule has 0 aliphatic rings. The summed E-state index contributed by atoms with van der Waals surface area (Å²) in [5.41, 5.74) is 0. The zero-order valence-electron chi connectivity index (χ0n) is 5.75. The van der Waals surface area contributed by atoms with Crippen LogP contribution in [0.25, 0.3) is 12.7 Å². The first kappa shape index (κ1) is 6.75. The Kier molecular flexibility index (Phi) is 2.00. The molecule has 1 aromatic rings. The summed E-state index contributed by atoms with van der Waals surface area (Å²) >= 11 is 0. The Morgan fingerprint density at radius 1 is 1.50 bits per heavy atom. The van der Waals surface area contributed by atoms with E-state index < -0.39 is 0 Å². The zero-order chi connectivity index (χ0) is 7.40. The maximum absolute atomic E-state index is 4.08. The average molecular weight is 131 g/mol. The fourth-order valence-electron chi connectivity index (χ4n) is 0.713. The first-order valence-corrected chi connectivity index (χ1v) is 3.07. The lowest BCUT2D eigenvalue weighted by molar-refractivity contribution is 1.23. The van der Waals surface area contributed by atoms with Gasteiger partial charge in [0, 0.05) is 6.20 Å². The standard InChI is InChI=1S/C9H9N/c1-3-5-9-8(2)6-4-7-10-9/h3-7H,1-2H2. The normalized spacial score (nSPS) is 11.4. The third-order valence-corrected chi connectivity index (χ3v) is 1.20. The van der Waals surface area contributed by atoms with Gasteiger partial charge in [0.05, 0.1) is 5.35 Å². The highest BCUT2D eigenvalue weighted by Crippen LogP contribution is 1.65. The van der Waals surface area contributed by atoms with Crippen LogP contribution in [0.15, 0.2) is 31.0 Å². The Labute approximate surface area is 60.0 Å². The Hall–Kier alpha value is -1.37. The van der Waals surface area contributed by atoms with E-state index in [2.05, 4.69) is 18.1 Å². The van der Waals surface area contributed by atoms with Gasteiger partial charge in [-0.2, -0.15) is 0 Å². The molecule has 0 saturated carbocycles. The monoisotopic (exact) mass is 131 g/mol. The lowest BCUT2D eigenvalue weighted by atomic mass is 10.3. The van der Waals surface area contributed by atoms with Crippen LogP contribution in [0.4, 0.5) is 0 Å². The minimum Gasteiger partial charge on any atom is -0.256 e. The van der Waals surface area contributed by atoms with Gasteiger partial charge in [0.1, 0.15) is 0 Å². The fraction of sp³-hybridized carbons (Fsp3) is 0. The van der Waals surface area contributed by atoms with Gasteiger partial charge < -0.3 is 0 Å². The molecule has 0 aromatic carbocycles. The molecule has 0 spiro atoms. The van der Waals surface area contributed by atoms with Crippen LogP contribution < -0.4 is 10.6 Å². The summed E-state index contributed by atoms with van der Waals surface area (Å²) in [7, 11) is 0. The smallest absolute Gasteiger partial charge is 0.0695 e. The number of aromatic nitrogens is 1. The molecule has 0 unspecified atom stereocenters. The van der Waals surface area contributed by atoms with Gasteiger partial charge in [-0.3, -0.25) is 4.98 Å². The fourth-order valence-corrected chi connectivity index (χ4v) is 0.713. The molecular weight excluding hydrogens is 122 g/mol. The van der Waals surface area contributed by atoms with E-state index in [0.717, 1.165) is 10.6 Å². The maximum Gasteiger partial charge on any atom is 0.0695 e. The molecular formula is C9H9N. The second kappa shape index (κ2) is 2.97. The number of nitrogens with zero attached hydrogens (tertiary/aromatic N) is 1. The van der Waals surface area contributed by atoms with Crippen LogP contribution in [0.5, 0.6) is 0 Å². The van der Waals surface area contributed by atoms with Crippen molar-refractivity contribution in [3.63, 3.8) is 0 Å². The van der Waals surface area contributed by atoms with Crippen LogP contribution in [0, 0.1) is 0 Å². The molecule has 0 atom stereocenters. The Bertz CT molecular complexity index is 325. The summed E-state index contributed by atoms with van der Waals surface area (Å²) in [4.78, 5) is 4.08. The van der Waals surface area contributed by atoms with Gasteiger partial charge in [0.25, 0.3) is 0 Å². The summed E-state index contributed by atoms with van der Waals surface area (Å²) in [6.07, 6.45) is 5.28. The first-order chi connectivity index (χ1) is 4.84. The molecule has 1 heteroatoms. The molecule has 0 aliphatic heterocycles. The molecule has 0 radical (unpaired) electrons. The van der Waals surface area contributed by atoms with Gasteiger partial charge in [-0.15, -0.1) is 0 Å². The van der Waals surface area contributed by atoms with E-state index in [1.54, 1.807) is 12.3 Å². The van der Waals surface area contributed by atoms with E-state index in [4.69, 9.17) is 0 Å². The van der Waals surface area contributed by atoms with Crippen molar-refractivity contribution in [3.05, 3.63) is 41.6 Å². The molecule has 1 nitrogen and oxygen atoms in total. The number of pyridine rings is 1. The second-order valence-corrected chi connectivity index (χ2v) is 1.95. The van der Waals surface area contributed by atoms with E-state index in [1.165, 1.54) is 0 Å². The average Bonchev–Trinajstić information content (AvgIpc) is 1.94. The molecule has 0 amide bonds. The van der Waals surface area contributed by atoms with Gasteiger partial charge in [0.2, 0.25) is 0 Å². The van der Waals surface area contributed by atoms with E-state index in [-0.39, 0.29) is 0 Å². The molecule has 0 bridgehead atoms. The third-order valence-electron chi connectivity index (χ3n) is 1.20. The van der Waals surface area contributed by atoms with Gasteiger partial charge in [-0.1, -0.05) is 25.3 Å². The Morgan fingerprint density at radius 2 is 2.30 bits per heavy atom. The van der Waals surface area contributed by atoms with Crippen molar-refractivity contribution < 1.29 is 0 Å². The van der Waals surface area contributed by atoms with Crippen LogP contribution in [0.1, 0.15) is 0 Å². The van der Waals surface area contributed by atoms with Gasteiger partial charge in [-0.05, 0) is 17.4 Å². The molecule has 1 rings (SSSR count). The van der Waals surface area contributed by atoms with Crippen LogP contribution in [0.2, 0.25) is 0 Å². The summed E-state index contributed by atoms with van der Waals surface area (Å²) in [6, 6.07) is 3.78. The van der Waals surface area contributed by atoms with Crippen LogP contribution in [0.3, 0.4) is 0 Å². The van der Waals surface area contributed by atoms with Crippen molar-refractivity contribution in [2.24, 2.45) is 0 Å². The van der Waals surface area contributed by atoms with Crippen molar-refractivity contribution in [2.45, 2.75) is 0 Å². The minimum absolute atomic E-state index is 0.887. The highest BCUT2D eigenvalue weighted by molar-refractivity contribution is 5.32. The number of hydrogen-bond acceptors (Lipinski definition) is 1. The number of rotatable bonds is 1.